The number of hydrogen-bond acceptors (Lipinski definition) is 4. The fourth-order valence-electron chi connectivity index (χ4n) is 4.71. The average Bonchev–Trinajstić information content (AvgIpc) is 2.82. The molecule has 6 nitrogen and oxygen atoms in total. The first-order valence-corrected chi connectivity index (χ1v) is 11.2. The van der Waals surface area contributed by atoms with E-state index >= 15 is 0 Å². The maximum Gasteiger partial charge on any atom is 0.306 e. The molecule has 32 heavy (non-hydrogen) atoms. The van der Waals surface area contributed by atoms with Crippen molar-refractivity contribution in [2.45, 2.75) is 32.1 Å². The second-order valence-corrected chi connectivity index (χ2v) is 8.25. The molecule has 4 rings (SSSR count). The predicted octanol–water partition coefficient (Wildman–Crippen LogP) is 4.12. The van der Waals surface area contributed by atoms with Crippen LogP contribution in [-0.4, -0.2) is 41.5 Å². The van der Waals surface area contributed by atoms with Gasteiger partial charge in [-0.15, -0.1) is 0 Å². The molecule has 166 valence electrons. The highest BCUT2D eigenvalue weighted by atomic mass is 16.5. The third-order valence-electron chi connectivity index (χ3n) is 6.30. The van der Waals surface area contributed by atoms with E-state index in [9.17, 15) is 14.4 Å². The van der Waals surface area contributed by atoms with Gasteiger partial charge >= 0.3 is 5.97 Å². The zero-order chi connectivity index (χ0) is 22.5. The fourth-order valence-corrected chi connectivity index (χ4v) is 4.71. The number of carbonyl (C=O) groups excluding carboxylic acids is 2. The van der Waals surface area contributed by atoms with Gasteiger partial charge in [0.15, 0.2) is 0 Å². The van der Waals surface area contributed by atoms with Crippen molar-refractivity contribution in [3.8, 4) is 0 Å². The van der Waals surface area contributed by atoms with Crippen molar-refractivity contribution in [2.75, 3.05) is 19.7 Å². The minimum atomic E-state index is -0.277. The minimum absolute atomic E-state index is 0.0629. The van der Waals surface area contributed by atoms with Crippen LogP contribution in [0.5, 0.6) is 0 Å². The average molecular weight is 433 g/mol. The van der Waals surface area contributed by atoms with Crippen LogP contribution in [0.4, 0.5) is 0 Å². The highest BCUT2D eigenvalue weighted by Gasteiger charge is 2.32. The van der Waals surface area contributed by atoms with Gasteiger partial charge in [-0.3, -0.25) is 14.4 Å². The molecule has 1 aliphatic rings. The van der Waals surface area contributed by atoms with Crippen LogP contribution in [0.3, 0.4) is 0 Å². The number of aromatic amines is 1. The van der Waals surface area contributed by atoms with E-state index in [0.29, 0.717) is 37.2 Å². The van der Waals surface area contributed by atoms with E-state index in [1.165, 1.54) is 6.07 Å². The van der Waals surface area contributed by atoms with Crippen molar-refractivity contribution < 1.29 is 14.3 Å². The van der Waals surface area contributed by atoms with Crippen LogP contribution in [0.15, 0.2) is 65.5 Å². The van der Waals surface area contributed by atoms with Crippen LogP contribution < -0.4 is 5.56 Å². The second-order valence-electron chi connectivity index (χ2n) is 8.25. The molecule has 0 unspecified atom stereocenters. The number of likely N-dealkylation sites (tertiary alicyclic amines) is 1. The molecule has 1 atom stereocenters. The number of nitrogens with one attached hydrogen (secondary N) is 1. The van der Waals surface area contributed by atoms with E-state index in [-0.39, 0.29) is 29.3 Å². The van der Waals surface area contributed by atoms with Gasteiger partial charge in [0.2, 0.25) is 5.56 Å². The SMILES string of the molecule is CCOC(=O)C[C@@H](c1ccccc1)C1CCN(C(=O)c2cc(=O)[nH]c3ccccc23)CC1. The lowest BCUT2D eigenvalue weighted by Crippen LogP contribution is -2.40. The Hall–Kier alpha value is -3.41. The fraction of sp³-hybridized carbons (Fsp3) is 0.346. The highest BCUT2D eigenvalue weighted by molar-refractivity contribution is 6.05. The van der Waals surface area contributed by atoms with Crippen LogP contribution in [0, 0.1) is 5.92 Å². The molecule has 6 heteroatoms. The lowest BCUT2D eigenvalue weighted by molar-refractivity contribution is -0.144. The molecule has 0 saturated carbocycles. The maximum absolute atomic E-state index is 13.3. The van der Waals surface area contributed by atoms with Crippen molar-refractivity contribution in [3.63, 3.8) is 0 Å². The third kappa shape index (κ3) is 4.74. The Morgan fingerprint density at radius 1 is 1.06 bits per heavy atom. The molecule has 0 bridgehead atoms. The van der Waals surface area contributed by atoms with E-state index in [2.05, 4.69) is 17.1 Å². The smallest absolute Gasteiger partial charge is 0.306 e. The molecule has 2 aromatic carbocycles. The van der Waals surface area contributed by atoms with E-state index in [1.54, 1.807) is 6.07 Å². The number of aromatic nitrogens is 1. The summed E-state index contributed by atoms with van der Waals surface area (Å²) in [6, 6.07) is 18.8. The van der Waals surface area contributed by atoms with Crippen LogP contribution in [0.2, 0.25) is 0 Å². The van der Waals surface area contributed by atoms with Gasteiger partial charge in [-0.25, -0.2) is 0 Å². The molecular formula is C26H28N2O4. The summed E-state index contributed by atoms with van der Waals surface area (Å²) in [6.07, 6.45) is 1.94. The first-order valence-electron chi connectivity index (χ1n) is 11.2. The second kappa shape index (κ2) is 9.81. The van der Waals surface area contributed by atoms with Crippen LogP contribution in [-0.2, 0) is 9.53 Å². The Balaban J connectivity index is 1.51. The molecule has 1 aliphatic heterocycles. The zero-order valence-electron chi connectivity index (χ0n) is 18.3. The van der Waals surface area contributed by atoms with Gasteiger partial charge in [0, 0.05) is 30.1 Å². The van der Waals surface area contributed by atoms with Crippen molar-refractivity contribution in [1.29, 1.82) is 0 Å². The summed E-state index contributed by atoms with van der Waals surface area (Å²) < 4.78 is 5.22. The topological polar surface area (TPSA) is 79.5 Å². The Bertz CT molecular complexity index is 1150. The Morgan fingerprint density at radius 3 is 2.47 bits per heavy atom. The van der Waals surface area contributed by atoms with E-state index < -0.39 is 0 Å². The number of H-pyrrole nitrogens is 1. The third-order valence-corrected chi connectivity index (χ3v) is 6.30. The van der Waals surface area contributed by atoms with Crippen molar-refractivity contribution >= 4 is 22.8 Å². The Kier molecular flexibility index (Phi) is 6.69. The molecule has 0 spiro atoms. The van der Waals surface area contributed by atoms with Gasteiger partial charge in [0.1, 0.15) is 0 Å². The largest absolute Gasteiger partial charge is 0.466 e. The Labute approximate surface area is 187 Å². The molecule has 1 N–H and O–H groups in total. The number of piperidine rings is 1. The minimum Gasteiger partial charge on any atom is -0.466 e. The quantitative estimate of drug-likeness (QED) is 0.595. The molecule has 0 radical (unpaired) electrons. The number of carbonyl (C=O) groups is 2. The maximum atomic E-state index is 13.3. The van der Waals surface area contributed by atoms with E-state index in [0.717, 1.165) is 23.8 Å². The lowest BCUT2D eigenvalue weighted by atomic mass is 9.78. The summed E-state index contributed by atoms with van der Waals surface area (Å²) in [4.78, 5) is 42.2. The molecule has 1 aromatic heterocycles. The number of rotatable bonds is 6. The van der Waals surface area contributed by atoms with Crippen LogP contribution in [0.25, 0.3) is 10.9 Å². The Morgan fingerprint density at radius 2 is 1.75 bits per heavy atom. The van der Waals surface area contributed by atoms with E-state index in [4.69, 9.17) is 4.74 Å². The summed E-state index contributed by atoms with van der Waals surface area (Å²) >= 11 is 0. The molecule has 1 fully saturated rings. The monoisotopic (exact) mass is 432 g/mol. The molecule has 2 heterocycles. The van der Waals surface area contributed by atoms with Gasteiger partial charge in [0.05, 0.1) is 18.6 Å². The lowest BCUT2D eigenvalue weighted by Gasteiger charge is -2.36. The number of amides is 1. The first kappa shape index (κ1) is 21.8. The summed E-state index contributed by atoms with van der Waals surface area (Å²) in [7, 11) is 0. The van der Waals surface area contributed by atoms with Crippen LogP contribution >= 0.6 is 0 Å². The van der Waals surface area contributed by atoms with Gasteiger partial charge in [-0.2, -0.15) is 0 Å². The van der Waals surface area contributed by atoms with Crippen molar-refractivity contribution in [2.24, 2.45) is 5.92 Å². The summed E-state index contributed by atoms with van der Waals surface area (Å²) in [6.45, 7) is 3.38. The van der Waals surface area contributed by atoms with E-state index in [1.807, 2.05) is 48.2 Å². The van der Waals surface area contributed by atoms with Crippen LogP contribution in [0.1, 0.15) is 48.0 Å². The molecular weight excluding hydrogens is 404 g/mol. The van der Waals surface area contributed by atoms with Gasteiger partial charge in [-0.05, 0) is 43.2 Å². The van der Waals surface area contributed by atoms with Gasteiger partial charge < -0.3 is 14.6 Å². The molecule has 1 amide bonds. The zero-order valence-corrected chi connectivity index (χ0v) is 18.3. The van der Waals surface area contributed by atoms with Gasteiger partial charge in [0.25, 0.3) is 5.91 Å². The summed E-state index contributed by atoms with van der Waals surface area (Å²) in [5.41, 5.74) is 1.96. The summed E-state index contributed by atoms with van der Waals surface area (Å²) in [5, 5.41) is 0.753. The number of nitrogens with zero attached hydrogens (tertiary/aromatic N) is 1. The number of fused-ring (bicyclic) bond motifs is 1. The first-order chi connectivity index (χ1) is 15.6. The standard InChI is InChI=1S/C26H28N2O4/c1-2-32-25(30)17-21(18-8-4-3-5-9-18)19-12-14-28(15-13-19)26(31)22-16-24(29)27-23-11-7-6-10-20(22)23/h3-11,16,19,21H,2,12-15,17H2,1H3,(H,27,29)/t21-/m0/s1. The van der Waals surface area contributed by atoms with Crippen molar-refractivity contribution in [3.05, 3.63) is 82.1 Å². The van der Waals surface area contributed by atoms with Gasteiger partial charge in [-0.1, -0.05) is 48.5 Å². The number of pyridine rings is 1. The number of para-hydroxylation sites is 1. The number of hydrogen-bond donors (Lipinski definition) is 1. The predicted molar refractivity (Wildman–Crippen MR) is 124 cm³/mol. The molecule has 3 aromatic rings. The molecule has 0 aliphatic carbocycles. The highest BCUT2D eigenvalue weighted by Crippen LogP contribution is 2.36. The molecule has 1 saturated heterocycles. The number of esters is 1. The summed E-state index contributed by atoms with van der Waals surface area (Å²) in [5.74, 6) is 0.0388. The number of ether oxygens (including phenoxy) is 1. The normalized spacial score (nSPS) is 15.5. The van der Waals surface area contributed by atoms with Crippen molar-refractivity contribution in [1.82, 2.24) is 9.88 Å². The number of benzene rings is 2.